The Bertz CT molecular complexity index is 398. The van der Waals surface area contributed by atoms with Gasteiger partial charge >= 0.3 is 0 Å². The first-order valence-corrected chi connectivity index (χ1v) is 7.28. The molecule has 1 unspecified atom stereocenters. The average Bonchev–Trinajstić information content (AvgIpc) is 2.53. The Morgan fingerprint density at radius 2 is 1.90 bits per heavy atom. The lowest BCUT2D eigenvalue weighted by atomic mass is 10.1. The summed E-state index contributed by atoms with van der Waals surface area (Å²) < 4.78 is 21.4. The molecule has 5 heteroatoms. The number of ether oxygens (including phenoxy) is 4. The third-order valence-electron chi connectivity index (χ3n) is 3.17. The molecule has 0 fully saturated rings. The fourth-order valence-electron chi connectivity index (χ4n) is 2.03. The van der Waals surface area contributed by atoms with Crippen molar-refractivity contribution in [1.82, 2.24) is 5.32 Å². The minimum Gasteiger partial charge on any atom is -0.497 e. The van der Waals surface area contributed by atoms with Gasteiger partial charge < -0.3 is 24.3 Å². The van der Waals surface area contributed by atoms with Gasteiger partial charge in [-0.2, -0.15) is 0 Å². The van der Waals surface area contributed by atoms with Crippen molar-refractivity contribution in [2.75, 3.05) is 47.7 Å². The van der Waals surface area contributed by atoms with E-state index in [4.69, 9.17) is 18.9 Å². The van der Waals surface area contributed by atoms with E-state index in [-0.39, 0.29) is 6.04 Å². The van der Waals surface area contributed by atoms with Crippen LogP contribution < -0.4 is 14.8 Å². The SMILES string of the molecule is CCCNC(COCCOC)c1ccc(OC)cc1OC. The standard InChI is InChI=1S/C16H27NO4/c1-5-8-17-15(12-21-10-9-18-2)14-7-6-13(19-3)11-16(14)20-4/h6-7,11,15,17H,5,8-10,12H2,1-4H3. The van der Waals surface area contributed by atoms with Crippen molar-refractivity contribution in [2.45, 2.75) is 19.4 Å². The molecule has 0 aliphatic rings. The molecule has 1 rings (SSSR count). The molecule has 1 N–H and O–H groups in total. The van der Waals surface area contributed by atoms with Crippen LogP contribution in [0.2, 0.25) is 0 Å². The molecule has 1 aromatic rings. The lowest BCUT2D eigenvalue weighted by Crippen LogP contribution is -2.27. The Morgan fingerprint density at radius 3 is 2.52 bits per heavy atom. The highest BCUT2D eigenvalue weighted by atomic mass is 16.5. The number of rotatable bonds is 11. The van der Waals surface area contributed by atoms with E-state index < -0.39 is 0 Å². The molecule has 5 nitrogen and oxygen atoms in total. The first kappa shape index (κ1) is 17.8. The van der Waals surface area contributed by atoms with Crippen LogP contribution in [-0.2, 0) is 9.47 Å². The van der Waals surface area contributed by atoms with Gasteiger partial charge in [0.15, 0.2) is 0 Å². The van der Waals surface area contributed by atoms with Crippen LogP contribution in [-0.4, -0.2) is 47.7 Å². The summed E-state index contributed by atoms with van der Waals surface area (Å²) in [6, 6.07) is 5.94. The molecule has 0 saturated heterocycles. The van der Waals surface area contributed by atoms with Gasteiger partial charge in [0.25, 0.3) is 0 Å². The highest BCUT2D eigenvalue weighted by molar-refractivity contribution is 5.42. The van der Waals surface area contributed by atoms with Crippen LogP contribution in [0.5, 0.6) is 11.5 Å². The maximum atomic E-state index is 5.67. The Labute approximate surface area is 127 Å². The number of nitrogens with one attached hydrogen (secondary N) is 1. The van der Waals surface area contributed by atoms with Crippen LogP contribution in [0.4, 0.5) is 0 Å². The predicted octanol–water partition coefficient (Wildman–Crippen LogP) is 2.41. The fraction of sp³-hybridized carbons (Fsp3) is 0.625. The van der Waals surface area contributed by atoms with Gasteiger partial charge in [0, 0.05) is 18.7 Å². The number of methoxy groups -OCH3 is 3. The van der Waals surface area contributed by atoms with Crippen LogP contribution in [0.1, 0.15) is 24.9 Å². The number of hydrogen-bond acceptors (Lipinski definition) is 5. The Kier molecular flexibility index (Phi) is 8.82. The molecule has 1 aromatic carbocycles. The average molecular weight is 297 g/mol. The second-order valence-electron chi connectivity index (χ2n) is 4.68. The molecule has 0 aliphatic carbocycles. The van der Waals surface area contributed by atoms with Crippen molar-refractivity contribution in [3.05, 3.63) is 23.8 Å². The fourth-order valence-corrected chi connectivity index (χ4v) is 2.03. The first-order chi connectivity index (χ1) is 10.3. The third-order valence-corrected chi connectivity index (χ3v) is 3.17. The Morgan fingerprint density at radius 1 is 1.10 bits per heavy atom. The van der Waals surface area contributed by atoms with Crippen molar-refractivity contribution < 1.29 is 18.9 Å². The van der Waals surface area contributed by atoms with Gasteiger partial charge in [-0.3, -0.25) is 0 Å². The molecule has 0 aliphatic heterocycles. The summed E-state index contributed by atoms with van der Waals surface area (Å²) in [5.41, 5.74) is 1.07. The molecular formula is C16H27NO4. The van der Waals surface area contributed by atoms with Crippen molar-refractivity contribution >= 4 is 0 Å². The monoisotopic (exact) mass is 297 g/mol. The molecule has 21 heavy (non-hydrogen) atoms. The molecule has 0 spiro atoms. The Hall–Kier alpha value is -1.30. The summed E-state index contributed by atoms with van der Waals surface area (Å²) in [5, 5.41) is 3.49. The normalized spacial score (nSPS) is 12.2. The molecular weight excluding hydrogens is 270 g/mol. The molecule has 0 heterocycles. The first-order valence-electron chi connectivity index (χ1n) is 7.28. The van der Waals surface area contributed by atoms with E-state index in [0.717, 1.165) is 30.0 Å². The molecule has 0 aromatic heterocycles. The van der Waals surface area contributed by atoms with Crippen LogP contribution in [0.3, 0.4) is 0 Å². The highest BCUT2D eigenvalue weighted by Gasteiger charge is 2.16. The second kappa shape index (κ2) is 10.4. The zero-order valence-electron chi connectivity index (χ0n) is 13.5. The van der Waals surface area contributed by atoms with Gasteiger partial charge in [-0.1, -0.05) is 6.92 Å². The minimum absolute atomic E-state index is 0.0858. The smallest absolute Gasteiger partial charge is 0.127 e. The quantitative estimate of drug-likeness (QED) is 0.636. The zero-order chi connectivity index (χ0) is 15.5. The summed E-state index contributed by atoms with van der Waals surface area (Å²) in [6.07, 6.45) is 1.06. The number of benzene rings is 1. The van der Waals surface area contributed by atoms with Crippen molar-refractivity contribution in [1.29, 1.82) is 0 Å². The van der Waals surface area contributed by atoms with E-state index >= 15 is 0 Å². The third kappa shape index (κ3) is 5.91. The second-order valence-corrected chi connectivity index (χ2v) is 4.68. The van der Waals surface area contributed by atoms with Crippen molar-refractivity contribution in [2.24, 2.45) is 0 Å². The van der Waals surface area contributed by atoms with E-state index in [1.54, 1.807) is 21.3 Å². The lowest BCUT2D eigenvalue weighted by molar-refractivity contribution is 0.0582. The summed E-state index contributed by atoms with van der Waals surface area (Å²) >= 11 is 0. The van der Waals surface area contributed by atoms with Gasteiger partial charge in [0.1, 0.15) is 11.5 Å². The summed E-state index contributed by atoms with van der Waals surface area (Å²) in [5.74, 6) is 1.59. The summed E-state index contributed by atoms with van der Waals surface area (Å²) in [4.78, 5) is 0. The maximum Gasteiger partial charge on any atom is 0.127 e. The maximum absolute atomic E-state index is 5.67. The molecule has 0 bridgehead atoms. The Balaban J connectivity index is 2.80. The minimum atomic E-state index is 0.0858. The lowest BCUT2D eigenvalue weighted by Gasteiger charge is -2.21. The van der Waals surface area contributed by atoms with Crippen LogP contribution in [0, 0.1) is 0 Å². The van der Waals surface area contributed by atoms with Gasteiger partial charge in [-0.05, 0) is 25.1 Å². The molecule has 0 radical (unpaired) electrons. The molecule has 0 saturated carbocycles. The topological polar surface area (TPSA) is 49.0 Å². The largest absolute Gasteiger partial charge is 0.497 e. The van der Waals surface area contributed by atoms with Gasteiger partial charge in [-0.15, -0.1) is 0 Å². The number of hydrogen-bond donors (Lipinski definition) is 1. The van der Waals surface area contributed by atoms with Crippen molar-refractivity contribution in [3.8, 4) is 11.5 Å². The molecule has 1 atom stereocenters. The van der Waals surface area contributed by atoms with E-state index in [1.807, 2.05) is 18.2 Å². The van der Waals surface area contributed by atoms with Crippen molar-refractivity contribution in [3.63, 3.8) is 0 Å². The molecule has 0 amide bonds. The van der Waals surface area contributed by atoms with E-state index in [1.165, 1.54) is 0 Å². The van der Waals surface area contributed by atoms with Crippen LogP contribution in [0.25, 0.3) is 0 Å². The van der Waals surface area contributed by atoms with Crippen LogP contribution >= 0.6 is 0 Å². The molecule has 120 valence electrons. The highest BCUT2D eigenvalue weighted by Crippen LogP contribution is 2.29. The van der Waals surface area contributed by atoms with E-state index in [9.17, 15) is 0 Å². The summed E-state index contributed by atoms with van der Waals surface area (Å²) in [6.45, 7) is 4.82. The zero-order valence-corrected chi connectivity index (χ0v) is 13.5. The van der Waals surface area contributed by atoms with Gasteiger partial charge in [-0.25, -0.2) is 0 Å². The van der Waals surface area contributed by atoms with Gasteiger partial charge in [0.05, 0.1) is 40.1 Å². The predicted molar refractivity (Wildman–Crippen MR) is 83.3 cm³/mol. The van der Waals surface area contributed by atoms with Crippen LogP contribution in [0.15, 0.2) is 18.2 Å². The van der Waals surface area contributed by atoms with Gasteiger partial charge in [0.2, 0.25) is 0 Å². The van der Waals surface area contributed by atoms with E-state index in [0.29, 0.717) is 19.8 Å². The van der Waals surface area contributed by atoms with E-state index in [2.05, 4.69) is 12.2 Å². The summed E-state index contributed by atoms with van der Waals surface area (Å²) in [7, 11) is 4.98.